The minimum atomic E-state index is -0.498. The number of hydrogen-bond donors (Lipinski definition) is 1. The molecule has 130 valence electrons. The van der Waals surface area contributed by atoms with Gasteiger partial charge in [0, 0.05) is 19.2 Å². The fraction of sp³-hybridized carbons (Fsp3) is 0.316. The van der Waals surface area contributed by atoms with Crippen molar-refractivity contribution in [1.29, 1.82) is 0 Å². The van der Waals surface area contributed by atoms with Gasteiger partial charge in [-0.1, -0.05) is 18.2 Å². The smallest absolute Gasteiger partial charge is 0.231 e. The average Bonchev–Trinajstić information content (AvgIpc) is 2.57. The van der Waals surface area contributed by atoms with E-state index in [1.165, 1.54) is 17.0 Å². The Kier molecular flexibility index (Phi) is 4.79. The van der Waals surface area contributed by atoms with Crippen molar-refractivity contribution in [3.8, 4) is 0 Å². The van der Waals surface area contributed by atoms with Crippen LogP contribution in [0, 0.1) is 18.7 Å². The summed E-state index contributed by atoms with van der Waals surface area (Å²) < 4.78 is 13.7. The number of likely N-dealkylation sites (tertiary alicyclic amines) is 1. The summed E-state index contributed by atoms with van der Waals surface area (Å²) in [7, 11) is 1.66. The Morgan fingerprint density at radius 1 is 1.28 bits per heavy atom. The summed E-state index contributed by atoms with van der Waals surface area (Å²) >= 11 is 0. The van der Waals surface area contributed by atoms with Crippen LogP contribution >= 0.6 is 0 Å². The van der Waals surface area contributed by atoms with Gasteiger partial charge in [-0.2, -0.15) is 0 Å². The number of rotatable bonds is 3. The molecule has 2 amide bonds. The van der Waals surface area contributed by atoms with Gasteiger partial charge in [0.25, 0.3) is 0 Å². The van der Waals surface area contributed by atoms with E-state index in [-0.39, 0.29) is 17.6 Å². The van der Waals surface area contributed by atoms with Gasteiger partial charge in [-0.15, -0.1) is 0 Å². The van der Waals surface area contributed by atoms with Gasteiger partial charge in [0.15, 0.2) is 0 Å². The SMILES string of the molecule is Cc1cccc(NC(=O)[C@H]2CCC(=O)N(C)[C@@H]2c2cccc(F)c2)n1. The summed E-state index contributed by atoms with van der Waals surface area (Å²) in [6.45, 7) is 1.85. The first-order valence-electron chi connectivity index (χ1n) is 8.21. The molecular weight excluding hydrogens is 321 g/mol. The lowest BCUT2D eigenvalue weighted by Crippen LogP contribution is -2.44. The number of amides is 2. The van der Waals surface area contributed by atoms with Crippen molar-refractivity contribution in [1.82, 2.24) is 9.88 Å². The highest BCUT2D eigenvalue weighted by atomic mass is 19.1. The van der Waals surface area contributed by atoms with Gasteiger partial charge in [0.05, 0.1) is 12.0 Å². The van der Waals surface area contributed by atoms with Crippen molar-refractivity contribution in [2.24, 2.45) is 5.92 Å². The summed E-state index contributed by atoms with van der Waals surface area (Å²) in [5.74, 6) is -0.642. The van der Waals surface area contributed by atoms with Crippen LogP contribution in [0.2, 0.25) is 0 Å². The van der Waals surface area contributed by atoms with E-state index in [9.17, 15) is 14.0 Å². The van der Waals surface area contributed by atoms with E-state index in [2.05, 4.69) is 10.3 Å². The molecule has 25 heavy (non-hydrogen) atoms. The molecule has 1 aromatic heterocycles. The number of nitrogens with zero attached hydrogens (tertiary/aromatic N) is 2. The molecule has 6 heteroatoms. The van der Waals surface area contributed by atoms with Crippen LogP contribution in [0.4, 0.5) is 10.2 Å². The predicted molar refractivity (Wildman–Crippen MR) is 92.2 cm³/mol. The van der Waals surface area contributed by atoms with E-state index in [0.717, 1.165) is 5.69 Å². The van der Waals surface area contributed by atoms with Gasteiger partial charge < -0.3 is 10.2 Å². The van der Waals surface area contributed by atoms with Gasteiger partial charge in [0.2, 0.25) is 11.8 Å². The van der Waals surface area contributed by atoms with E-state index in [4.69, 9.17) is 0 Å². The molecule has 1 aliphatic heterocycles. The minimum absolute atomic E-state index is 0.0491. The zero-order valence-corrected chi connectivity index (χ0v) is 14.2. The largest absolute Gasteiger partial charge is 0.338 e. The Hall–Kier alpha value is -2.76. The predicted octanol–water partition coefficient (Wildman–Crippen LogP) is 3.08. The van der Waals surface area contributed by atoms with E-state index in [1.54, 1.807) is 25.2 Å². The van der Waals surface area contributed by atoms with Crippen LogP contribution in [-0.2, 0) is 9.59 Å². The molecule has 0 bridgehead atoms. The molecule has 0 aliphatic carbocycles. The lowest BCUT2D eigenvalue weighted by Gasteiger charge is -2.38. The molecule has 2 aromatic rings. The average molecular weight is 341 g/mol. The van der Waals surface area contributed by atoms with Crippen LogP contribution in [0.5, 0.6) is 0 Å². The van der Waals surface area contributed by atoms with Crippen LogP contribution in [0.25, 0.3) is 0 Å². The highest BCUT2D eigenvalue weighted by Crippen LogP contribution is 2.36. The molecule has 1 saturated heterocycles. The molecule has 1 fully saturated rings. The summed E-state index contributed by atoms with van der Waals surface area (Å²) in [5, 5.41) is 2.82. The number of aromatic nitrogens is 1. The molecule has 2 atom stereocenters. The topological polar surface area (TPSA) is 62.3 Å². The van der Waals surface area contributed by atoms with Crippen molar-refractivity contribution in [3.05, 3.63) is 59.5 Å². The van der Waals surface area contributed by atoms with Crippen molar-refractivity contribution in [2.75, 3.05) is 12.4 Å². The molecule has 1 N–H and O–H groups in total. The van der Waals surface area contributed by atoms with E-state index < -0.39 is 12.0 Å². The van der Waals surface area contributed by atoms with Crippen LogP contribution in [0.3, 0.4) is 0 Å². The number of anilines is 1. The van der Waals surface area contributed by atoms with Crippen LogP contribution in [0.1, 0.15) is 30.1 Å². The quantitative estimate of drug-likeness (QED) is 0.933. The first-order chi connectivity index (χ1) is 12.0. The monoisotopic (exact) mass is 341 g/mol. The molecule has 0 saturated carbocycles. The third-order valence-corrected chi connectivity index (χ3v) is 4.53. The Balaban J connectivity index is 1.89. The summed E-state index contributed by atoms with van der Waals surface area (Å²) in [4.78, 5) is 30.8. The molecule has 1 aliphatic rings. The van der Waals surface area contributed by atoms with Gasteiger partial charge >= 0.3 is 0 Å². The lowest BCUT2D eigenvalue weighted by molar-refractivity contribution is -0.140. The van der Waals surface area contributed by atoms with E-state index >= 15 is 0 Å². The number of piperidine rings is 1. The molecular formula is C19H20FN3O2. The third kappa shape index (κ3) is 3.68. The fourth-order valence-corrected chi connectivity index (χ4v) is 3.29. The van der Waals surface area contributed by atoms with Crippen LogP contribution in [0.15, 0.2) is 42.5 Å². The second kappa shape index (κ2) is 7.01. The molecule has 5 nitrogen and oxygen atoms in total. The first-order valence-corrected chi connectivity index (χ1v) is 8.21. The number of halogens is 1. The van der Waals surface area contributed by atoms with E-state index in [0.29, 0.717) is 24.2 Å². The maximum Gasteiger partial charge on any atom is 0.231 e. The molecule has 0 spiro atoms. The van der Waals surface area contributed by atoms with Gasteiger partial charge in [0.1, 0.15) is 11.6 Å². The molecule has 0 radical (unpaired) electrons. The Labute approximate surface area is 145 Å². The number of pyridine rings is 1. The highest BCUT2D eigenvalue weighted by molar-refractivity contribution is 5.94. The Morgan fingerprint density at radius 2 is 2.04 bits per heavy atom. The van der Waals surface area contributed by atoms with Crippen molar-refractivity contribution in [3.63, 3.8) is 0 Å². The van der Waals surface area contributed by atoms with Crippen molar-refractivity contribution >= 4 is 17.6 Å². The standard InChI is InChI=1S/C19H20FN3O2/c1-12-5-3-8-16(21-12)22-19(25)15-9-10-17(24)23(2)18(15)13-6-4-7-14(20)11-13/h3-8,11,15,18H,9-10H2,1-2H3,(H,21,22,25)/t15-,18+/m0/s1. The number of benzene rings is 1. The van der Waals surface area contributed by atoms with Gasteiger partial charge in [-0.05, 0) is 43.2 Å². The number of nitrogens with one attached hydrogen (secondary N) is 1. The zero-order valence-electron chi connectivity index (χ0n) is 14.2. The minimum Gasteiger partial charge on any atom is -0.338 e. The number of hydrogen-bond acceptors (Lipinski definition) is 3. The highest BCUT2D eigenvalue weighted by Gasteiger charge is 2.39. The maximum absolute atomic E-state index is 13.7. The normalized spacial score (nSPS) is 20.4. The Bertz CT molecular complexity index is 809. The van der Waals surface area contributed by atoms with Crippen molar-refractivity contribution < 1.29 is 14.0 Å². The summed E-state index contributed by atoms with van der Waals surface area (Å²) in [6.07, 6.45) is 0.712. The number of aryl methyl sites for hydroxylation is 1. The number of carbonyl (C=O) groups is 2. The Morgan fingerprint density at radius 3 is 2.76 bits per heavy atom. The maximum atomic E-state index is 13.7. The zero-order chi connectivity index (χ0) is 18.0. The van der Waals surface area contributed by atoms with Crippen LogP contribution in [-0.4, -0.2) is 28.7 Å². The molecule has 0 unspecified atom stereocenters. The second-order valence-electron chi connectivity index (χ2n) is 6.30. The molecule has 1 aromatic carbocycles. The van der Waals surface area contributed by atoms with Gasteiger partial charge in [-0.3, -0.25) is 9.59 Å². The fourth-order valence-electron chi connectivity index (χ4n) is 3.29. The lowest BCUT2D eigenvalue weighted by atomic mass is 9.84. The van der Waals surface area contributed by atoms with Crippen LogP contribution < -0.4 is 5.32 Å². The molecule has 2 heterocycles. The second-order valence-corrected chi connectivity index (χ2v) is 6.30. The van der Waals surface area contributed by atoms with Crippen molar-refractivity contribution in [2.45, 2.75) is 25.8 Å². The van der Waals surface area contributed by atoms with Gasteiger partial charge in [-0.25, -0.2) is 9.37 Å². The number of carbonyl (C=O) groups excluding carboxylic acids is 2. The van der Waals surface area contributed by atoms with E-state index in [1.807, 2.05) is 19.1 Å². The summed E-state index contributed by atoms with van der Waals surface area (Å²) in [6, 6.07) is 11.0. The molecule has 3 rings (SSSR count). The first kappa shape index (κ1) is 17.1. The summed E-state index contributed by atoms with van der Waals surface area (Å²) in [5.41, 5.74) is 1.42. The third-order valence-electron chi connectivity index (χ3n) is 4.53.